The van der Waals surface area contributed by atoms with Gasteiger partial charge in [0, 0.05) is 24.2 Å². The summed E-state index contributed by atoms with van der Waals surface area (Å²) in [5, 5.41) is 0. The second-order valence-electron chi connectivity index (χ2n) is 5.92. The number of amides is 1. The molecule has 1 aromatic heterocycles. The molecule has 0 aliphatic carbocycles. The molecule has 3 aromatic rings. The van der Waals surface area contributed by atoms with Gasteiger partial charge in [-0.15, -0.1) is 0 Å². The first-order valence-corrected chi connectivity index (χ1v) is 8.06. The number of carbonyl (C=O) groups excluding carboxylic acids is 1. The first-order chi connectivity index (χ1) is 11.3. The van der Waals surface area contributed by atoms with Crippen LogP contribution in [0.1, 0.15) is 29.6 Å². The number of hydrogen-bond acceptors (Lipinski definition) is 3. The third-order valence-electron chi connectivity index (χ3n) is 4.30. The Labute approximate surface area is 134 Å². The molecule has 23 heavy (non-hydrogen) atoms. The molecule has 1 aliphatic rings. The van der Waals surface area contributed by atoms with E-state index in [1.807, 2.05) is 53.4 Å². The van der Waals surface area contributed by atoms with E-state index < -0.39 is 0 Å². The second kappa shape index (κ2) is 5.88. The molecular formula is C19H18N2O2. The van der Waals surface area contributed by atoms with Gasteiger partial charge in [-0.25, -0.2) is 4.98 Å². The van der Waals surface area contributed by atoms with Crippen LogP contribution >= 0.6 is 0 Å². The van der Waals surface area contributed by atoms with E-state index in [2.05, 4.69) is 4.98 Å². The second-order valence-corrected chi connectivity index (χ2v) is 5.92. The molecule has 0 saturated carbocycles. The molecule has 4 rings (SSSR count). The van der Waals surface area contributed by atoms with E-state index in [0.29, 0.717) is 17.0 Å². The maximum absolute atomic E-state index is 12.6. The van der Waals surface area contributed by atoms with Crippen molar-refractivity contribution in [3.8, 4) is 11.5 Å². The Bertz CT molecular complexity index is 833. The molecular weight excluding hydrogens is 288 g/mol. The van der Waals surface area contributed by atoms with E-state index in [1.165, 1.54) is 6.42 Å². The van der Waals surface area contributed by atoms with Gasteiger partial charge in [-0.05, 0) is 49.6 Å². The standard InChI is InChI=1S/C19H18N2O2/c22-19(21-11-5-2-6-12-21)15-9-10-16-17(13-15)23-18(20-16)14-7-3-1-4-8-14/h1,3-4,7-10,13H,2,5-6,11-12H2. The molecule has 1 amide bonds. The van der Waals surface area contributed by atoms with Gasteiger partial charge in [0.15, 0.2) is 5.58 Å². The fourth-order valence-electron chi connectivity index (χ4n) is 3.04. The number of aromatic nitrogens is 1. The predicted molar refractivity (Wildman–Crippen MR) is 89.2 cm³/mol. The summed E-state index contributed by atoms with van der Waals surface area (Å²) in [5.74, 6) is 0.674. The molecule has 1 aliphatic heterocycles. The van der Waals surface area contributed by atoms with Gasteiger partial charge in [0.1, 0.15) is 5.52 Å². The van der Waals surface area contributed by atoms with Gasteiger partial charge in [-0.1, -0.05) is 18.2 Å². The number of hydrogen-bond donors (Lipinski definition) is 0. The first-order valence-electron chi connectivity index (χ1n) is 8.06. The van der Waals surface area contributed by atoms with Crippen molar-refractivity contribution < 1.29 is 9.21 Å². The summed E-state index contributed by atoms with van der Waals surface area (Å²) in [6.45, 7) is 1.70. The molecule has 1 saturated heterocycles. The van der Waals surface area contributed by atoms with Crippen molar-refractivity contribution in [2.75, 3.05) is 13.1 Å². The van der Waals surface area contributed by atoms with Crippen LogP contribution in [0.5, 0.6) is 0 Å². The Morgan fingerprint density at radius 2 is 1.78 bits per heavy atom. The van der Waals surface area contributed by atoms with Crippen LogP contribution in [0.4, 0.5) is 0 Å². The Hall–Kier alpha value is -2.62. The number of rotatable bonds is 2. The van der Waals surface area contributed by atoms with Gasteiger partial charge in [-0.2, -0.15) is 0 Å². The third kappa shape index (κ3) is 2.72. The number of benzene rings is 2. The van der Waals surface area contributed by atoms with Crippen molar-refractivity contribution in [2.24, 2.45) is 0 Å². The largest absolute Gasteiger partial charge is 0.436 e. The molecule has 2 heterocycles. The lowest BCUT2D eigenvalue weighted by molar-refractivity contribution is 0.0724. The van der Waals surface area contributed by atoms with Crippen molar-refractivity contribution >= 4 is 17.0 Å². The van der Waals surface area contributed by atoms with Crippen molar-refractivity contribution in [1.82, 2.24) is 9.88 Å². The number of carbonyl (C=O) groups is 1. The molecule has 0 bridgehead atoms. The zero-order chi connectivity index (χ0) is 15.6. The summed E-state index contributed by atoms with van der Waals surface area (Å²) < 4.78 is 5.85. The van der Waals surface area contributed by atoms with Crippen LogP contribution in [0.3, 0.4) is 0 Å². The number of likely N-dealkylation sites (tertiary alicyclic amines) is 1. The monoisotopic (exact) mass is 306 g/mol. The fraction of sp³-hybridized carbons (Fsp3) is 0.263. The first kappa shape index (κ1) is 14.0. The van der Waals surface area contributed by atoms with E-state index >= 15 is 0 Å². The van der Waals surface area contributed by atoms with Gasteiger partial charge < -0.3 is 9.32 Å². The van der Waals surface area contributed by atoms with Gasteiger partial charge in [0.2, 0.25) is 5.89 Å². The maximum Gasteiger partial charge on any atom is 0.253 e. The summed E-state index contributed by atoms with van der Waals surface area (Å²) in [4.78, 5) is 19.0. The molecule has 0 N–H and O–H groups in total. The van der Waals surface area contributed by atoms with Crippen molar-refractivity contribution in [3.05, 3.63) is 54.1 Å². The van der Waals surface area contributed by atoms with Crippen LogP contribution in [0.2, 0.25) is 0 Å². The van der Waals surface area contributed by atoms with E-state index in [-0.39, 0.29) is 5.91 Å². The summed E-state index contributed by atoms with van der Waals surface area (Å²) in [7, 11) is 0. The van der Waals surface area contributed by atoms with Crippen LogP contribution in [-0.2, 0) is 0 Å². The molecule has 0 spiro atoms. The van der Waals surface area contributed by atoms with Crippen LogP contribution in [0.15, 0.2) is 52.9 Å². The van der Waals surface area contributed by atoms with Crippen molar-refractivity contribution in [3.63, 3.8) is 0 Å². The zero-order valence-corrected chi connectivity index (χ0v) is 12.9. The van der Waals surface area contributed by atoms with Crippen LogP contribution < -0.4 is 0 Å². The molecule has 116 valence electrons. The highest BCUT2D eigenvalue weighted by Gasteiger charge is 2.19. The lowest BCUT2D eigenvalue weighted by atomic mass is 10.1. The summed E-state index contributed by atoms with van der Waals surface area (Å²) in [5.41, 5.74) is 3.05. The molecule has 0 atom stereocenters. The van der Waals surface area contributed by atoms with Crippen LogP contribution in [0.25, 0.3) is 22.6 Å². The molecule has 0 unspecified atom stereocenters. The molecule has 2 aromatic carbocycles. The fourth-order valence-corrected chi connectivity index (χ4v) is 3.04. The maximum atomic E-state index is 12.6. The van der Waals surface area contributed by atoms with E-state index in [9.17, 15) is 4.79 Å². The average Bonchev–Trinajstić information content (AvgIpc) is 3.06. The summed E-state index contributed by atoms with van der Waals surface area (Å²) in [6, 6.07) is 15.3. The lowest BCUT2D eigenvalue weighted by Gasteiger charge is -2.26. The number of piperidine rings is 1. The number of oxazole rings is 1. The predicted octanol–water partition coefficient (Wildman–Crippen LogP) is 4.12. The minimum Gasteiger partial charge on any atom is -0.436 e. The van der Waals surface area contributed by atoms with E-state index in [0.717, 1.165) is 37.0 Å². The quantitative estimate of drug-likeness (QED) is 0.715. The van der Waals surface area contributed by atoms with Crippen molar-refractivity contribution in [2.45, 2.75) is 19.3 Å². The topological polar surface area (TPSA) is 46.3 Å². The minimum absolute atomic E-state index is 0.0873. The van der Waals surface area contributed by atoms with Gasteiger partial charge in [0.25, 0.3) is 5.91 Å². The summed E-state index contributed by atoms with van der Waals surface area (Å²) in [6.07, 6.45) is 3.40. The Morgan fingerprint density at radius 1 is 1.00 bits per heavy atom. The average molecular weight is 306 g/mol. The Balaban J connectivity index is 1.66. The molecule has 4 nitrogen and oxygen atoms in total. The van der Waals surface area contributed by atoms with Gasteiger partial charge in [0.05, 0.1) is 0 Å². The molecule has 0 radical (unpaired) electrons. The smallest absolute Gasteiger partial charge is 0.253 e. The van der Waals surface area contributed by atoms with E-state index in [4.69, 9.17) is 4.42 Å². The molecule has 4 heteroatoms. The Morgan fingerprint density at radius 3 is 2.57 bits per heavy atom. The lowest BCUT2D eigenvalue weighted by Crippen LogP contribution is -2.35. The third-order valence-corrected chi connectivity index (χ3v) is 4.30. The highest BCUT2D eigenvalue weighted by molar-refractivity contribution is 5.97. The van der Waals surface area contributed by atoms with Gasteiger partial charge in [-0.3, -0.25) is 4.79 Å². The molecule has 1 fully saturated rings. The highest BCUT2D eigenvalue weighted by Crippen LogP contribution is 2.25. The highest BCUT2D eigenvalue weighted by atomic mass is 16.3. The normalized spacial score (nSPS) is 15.0. The Kier molecular flexibility index (Phi) is 3.58. The van der Waals surface area contributed by atoms with E-state index in [1.54, 1.807) is 0 Å². The number of fused-ring (bicyclic) bond motifs is 1. The number of nitrogens with zero attached hydrogens (tertiary/aromatic N) is 2. The van der Waals surface area contributed by atoms with Crippen LogP contribution in [-0.4, -0.2) is 28.9 Å². The van der Waals surface area contributed by atoms with Gasteiger partial charge >= 0.3 is 0 Å². The SMILES string of the molecule is O=C(c1ccc2nc(-c3ccccc3)oc2c1)N1CCCCC1. The van der Waals surface area contributed by atoms with Crippen molar-refractivity contribution in [1.29, 1.82) is 0 Å². The van der Waals surface area contributed by atoms with Crippen LogP contribution in [0, 0.1) is 0 Å². The minimum atomic E-state index is 0.0873. The zero-order valence-electron chi connectivity index (χ0n) is 12.9. The summed E-state index contributed by atoms with van der Waals surface area (Å²) >= 11 is 0.